The molecule has 0 unspecified atom stereocenters. The van der Waals surface area contributed by atoms with Crippen LogP contribution in [0.2, 0.25) is 0 Å². The minimum absolute atomic E-state index is 0.387. The van der Waals surface area contributed by atoms with Crippen molar-refractivity contribution in [1.29, 1.82) is 0 Å². The third-order valence-corrected chi connectivity index (χ3v) is 5.32. The summed E-state index contributed by atoms with van der Waals surface area (Å²) < 4.78 is 27.6. The minimum Gasteiger partial charge on any atom is -0.502 e. The Hall–Kier alpha value is -0.970. The van der Waals surface area contributed by atoms with E-state index in [2.05, 4.69) is 0 Å². The van der Waals surface area contributed by atoms with E-state index in [0.29, 0.717) is 13.1 Å². The lowest BCUT2D eigenvalue weighted by Crippen LogP contribution is -2.29. The van der Waals surface area contributed by atoms with Gasteiger partial charge in [-0.1, -0.05) is 37.5 Å². The average molecular weight is 353 g/mol. The number of nitrogens with zero attached hydrogens (tertiary/aromatic N) is 1. The lowest BCUT2D eigenvalue weighted by Gasteiger charge is -2.40. The first-order valence-electron chi connectivity index (χ1n) is 7.68. The maximum Gasteiger partial charge on any atom is 0.274 e. The predicted octanol–water partition coefficient (Wildman–Crippen LogP) is 2.64. The third-order valence-electron chi connectivity index (χ3n) is 3.46. The number of furan rings is 1. The first-order chi connectivity index (χ1) is 10.8. The van der Waals surface area contributed by atoms with E-state index >= 15 is 0 Å². The Morgan fingerprint density at radius 1 is 1.04 bits per heavy atom. The Balaban J connectivity index is 3.17. The molecule has 136 valence electrons. The summed E-state index contributed by atoms with van der Waals surface area (Å²) in [5, 5.41) is 37.6. The summed E-state index contributed by atoms with van der Waals surface area (Å²) >= 11 is 0. The highest BCUT2D eigenvalue weighted by molar-refractivity contribution is 8.22. The van der Waals surface area contributed by atoms with Gasteiger partial charge in [0.1, 0.15) is 6.10 Å². The van der Waals surface area contributed by atoms with Gasteiger partial charge in [-0.05, 0) is 12.8 Å². The molecule has 23 heavy (non-hydrogen) atoms. The lowest BCUT2D eigenvalue weighted by molar-refractivity contribution is 0.0711. The normalized spacial score (nSPS) is 14.4. The van der Waals surface area contributed by atoms with Gasteiger partial charge in [0.2, 0.25) is 11.5 Å². The monoisotopic (exact) mass is 353 g/mol. The van der Waals surface area contributed by atoms with Crippen LogP contribution in [0, 0.1) is 0 Å². The zero-order valence-corrected chi connectivity index (χ0v) is 14.3. The molecule has 1 heterocycles. The van der Waals surface area contributed by atoms with Gasteiger partial charge >= 0.3 is 0 Å². The van der Waals surface area contributed by atoms with E-state index in [9.17, 15) is 24.4 Å². The van der Waals surface area contributed by atoms with E-state index in [4.69, 9.17) is 9.52 Å². The molecule has 0 fully saturated rings. The van der Waals surface area contributed by atoms with Crippen molar-refractivity contribution in [3.8, 4) is 11.5 Å². The van der Waals surface area contributed by atoms with Crippen LogP contribution in [0.15, 0.2) is 9.51 Å². The van der Waals surface area contributed by atoms with Gasteiger partial charge in [-0.25, -0.2) is 0 Å². The van der Waals surface area contributed by atoms with Crippen molar-refractivity contribution in [3.63, 3.8) is 0 Å². The second-order valence-corrected chi connectivity index (χ2v) is 7.23. The molecule has 0 aliphatic rings. The van der Waals surface area contributed by atoms with Crippen molar-refractivity contribution in [3.05, 3.63) is 5.76 Å². The quantitative estimate of drug-likeness (QED) is 0.377. The molecule has 1 rings (SSSR count). The molecule has 1 atom stereocenters. The summed E-state index contributed by atoms with van der Waals surface area (Å²) in [6.07, 6.45) is 1.58. The fourth-order valence-corrected chi connectivity index (χ4v) is 3.62. The molecule has 0 saturated carbocycles. The third kappa shape index (κ3) is 4.52. The molecule has 1 aromatic rings. The molecule has 0 amide bonds. The van der Waals surface area contributed by atoms with E-state index in [1.54, 1.807) is 0 Å². The first-order valence-corrected chi connectivity index (χ1v) is 9.18. The fraction of sp³-hybridized carbons (Fsp3) is 0.714. The van der Waals surface area contributed by atoms with Crippen LogP contribution >= 0.6 is 10.8 Å². The molecule has 0 saturated heterocycles. The van der Waals surface area contributed by atoms with Crippen LogP contribution < -0.4 is 0 Å². The Bertz CT molecular complexity index is 484. The molecule has 1 aromatic heterocycles. The van der Waals surface area contributed by atoms with Crippen LogP contribution in [0.1, 0.15) is 51.4 Å². The smallest absolute Gasteiger partial charge is 0.274 e. The number of aliphatic hydroxyl groups excluding tert-OH is 2. The molecule has 9 heteroatoms. The largest absolute Gasteiger partial charge is 0.502 e. The van der Waals surface area contributed by atoms with Gasteiger partial charge in [0.05, 0.1) is 6.61 Å². The maximum absolute atomic E-state index is 10.5. The van der Waals surface area contributed by atoms with E-state index in [1.807, 2.05) is 13.8 Å². The van der Waals surface area contributed by atoms with Crippen molar-refractivity contribution in [1.82, 2.24) is 4.31 Å². The molecule has 6 N–H and O–H groups in total. The van der Waals surface area contributed by atoms with Crippen molar-refractivity contribution in [2.75, 3.05) is 19.7 Å². The van der Waals surface area contributed by atoms with Crippen LogP contribution in [0.4, 0.5) is 0 Å². The molecule has 8 nitrogen and oxygen atoms in total. The summed E-state index contributed by atoms with van der Waals surface area (Å²) in [6, 6.07) is 0. The van der Waals surface area contributed by atoms with Gasteiger partial charge in [0.15, 0.2) is 5.76 Å². The van der Waals surface area contributed by atoms with E-state index < -0.39 is 45.8 Å². The SMILES string of the molecule is CCCCN(CCCC)S(O)(O)c1oc([C@H](O)CO)c(O)c1O. The topological polar surface area (TPSA) is 138 Å². The van der Waals surface area contributed by atoms with Gasteiger partial charge in [0.25, 0.3) is 5.09 Å². The molecule has 0 aliphatic heterocycles. The first kappa shape index (κ1) is 20.1. The Morgan fingerprint density at radius 2 is 1.57 bits per heavy atom. The molecule has 0 radical (unpaired) electrons. The zero-order chi connectivity index (χ0) is 17.6. The summed E-state index contributed by atoms with van der Waals surface area (Å²) in [5.41, 5.74) is 0. The number of aromatic hydroxyl groups is 2. The van der Waals surface area contributed by atoms with Crippen LogP contribution in [0.25, 0.3) is 0 Å². The number of hydrogen-bond acceptors (Lipinski definition) is 8. The van der Waals surface area contributed by atoms with Crippen LogP contribution in [0.5, 0.6) is 11.5 Å². The van der Waals surface area contributed by atoms with Crippen molar-refractivity contribution in [2.24, 2.45) is 0 Å². The van der Waals surface area contributed by atoms with Crippen molar-refractivity contribution in [2.45, 2.75) is 50.7 Å². The Morgan fingerprint density at radius 3 is 2.00 bits per heavy atom. The second-order valence-electron chi connectivity index (χ2n) is 5.30. The fourth-order valence-electron chi connectivity index (χ4n) is 2.06. The number of hydrogen-bond donors (Lipinski definition) is 6. The summed E-state index contributed by atoms with van der Waals surface area (Å²) in [5.74, 6) is -2.12. The summed E-state index contributed by atoms with van der Waals surface area (Å²) in [7, 11) is -3.66. The Labute approximate surface area is 137 Å². The van der Waals surface area contributed by atoms with Crippen molar-refractivity contribution >= 4 is 10.8 Å². The summed E-state index contributed by atoms with van der Waals surface area (Å²) in [4.78, 5) is 0. The standard InChI is InChI=1S/C14H27NO7S/c1-3-5-7-15(8-6-4-2)23(20,21)14-12(19)11(18)13(22-14)10(17)9-16/h10,16-21H,3-9H2,1-2H3/t10-/m1/s1. The number of aliphatic hydroxyl groups is 2. The molecule has 0 aliphatic carbocycles. The lowest BCUT2D eigenvalue weighted by atomic mass is 10.3. The van der Waals surface area contributed by atoms with E-state index in [0.717, 1.165) is 25.7 Å². The Kier molecular flexibility index (Phi) is 7.65. The second kappa shape index (κ2) is 8.76. The van der Waals surface area contributed by atoms with Crippen LogP contribution in [-0.2, 0) is 0 Å². The van der Waals surface area contributed by atoms with Gasteiger partial charge in [-0.15, -0.1) is 0 Å². The van der Waals surface area contributed by atoms with Crippen LogP contribution in [0.3, 0.4) is 0 Å². The van der Waals surface area contributed by atoms with Crippen molar-refractivity contribution < 1.29 is 33.9 Å². The number of rotatable bonds is 10. The highest BCUT2D eigenvalue weighted by Gasteiger charge is 2.36. The van der Waals surface area contributed by atoms with Gasteiger partial charge < -0.3 is 24.8 Å². The highest BCUT2D eigenvalue weighted by Crippen LogP contribution is 2.59. The average Bonchev–Trinajstić information content (AvgIpc) is 2.83. The zero-order valence-electron chi connectivity index (χ0n) is 13.5. The van der Waals surface area contributed by atoms with Gasteiger partial charge in [0, 0.05) is 13.1 Å². The molecule has 0 aromatic carbocycles. The van der Waals surface area contributed by atoms with Gasteiger partial charge in [-0.3, -0.25) is 9.11 Å². The molecular formula is C14H27NO7S. The molecule has 0 bridgehead atoms. The highest BCUT2D eigenvalue weighted by atomic mass is 32.3. The molecular weight excluding hydrogens is 326 g/mol. The van der Waals surface area contributed by atoms with Gasteiger partial charge in [-0.2, -0.15) is 4.31 Å². The summed E-state index contributed by atoms with van der Waals surface area (Å²) in [6.45, 7) is 3.97. The molecule has 0 spiro atoms. The maximum atomic E-state index is 10.5. The van der Waals surface area contributed by atoms with E-state index in [-0.39, 0.29) is 0 Å². The van der Waals surface area contributed by atoms with E-state index in [1.165, 1.54) is 4.31 Å². The van der Waals surface area contributed by atoms with Crippen LogP contribution in [-0.4, -0.2) is 53.5 Å². The number of unbranched alkanes of at least 4 members (excludes halogenated alkanes) is 2. The predicted molar refractivity (Wildman–Crippen MR) is 86.6 cm³/mol. The minimum atomic E-state index is -3.66.